The first-order valence-electron chi connectivity index (χ1n) is 11.6. The first kappa shape index (κ1) is 21.0. The summed E-state index contributed by atoms with van der Waals surface area (Å²) in [6.45, 7) is 11.8. The van der Waals surface area contributed by atoms with Gasteiger partial charge in [-0.1, -0.05) is 36.9 Å². The molecule has 32 heavy (non-hydrogen) atoms. The number of oxazole rings is 1. The largest absolute Gasteiger partial charge is 0.446 e. The molecule has 2 bridgehead atoms. The topological polar surface area (TPSA) is 58.8 Å². The van der Waals surface area contributed by atoms with Gasteiger partial charge in [0.25, 0.3) is 0 Å². The van der Waals surface area contributed by atoms with Crippen molar-refractivity contribution in [2.45, 2.75) is 45.3 Å². The number of amides is 1. The van der Waals surface area contributed by atoms with Crippen LogP contribution >= 0.6 is 0 Å². The van der Waals surface area contributed by atoms with E-state index in [0.717, 1.165) is 61.5 Å². The highest BCUT2D eigenvalue weighted by Crippen LogP contribution is 2.37. The van der Waals surface area contributed by atoms with Gasteiger partial charge < -0.3 is 9.15 Å². The lowest BCUT2D eigenvalue weighted by molar-refractivity contribution is -0.0462. The molecule has 5 heterocycles. The van der Waals surface area contributed by atoms with Crippen LogP contribution in [-0.2, 0) is 11.2 Å². The number of hydrogen-bond acceptors (Lipinski definition) is 5. The van der Waals surface area contributed by atoms with E-state index in [4.69, 9.17) is 9.15 Å². The third-order valence-electron chi connectivity index (χ3n) is 7.11. The van der Waals surface area contributed by atoms with Crippen LogP contribution in [0.1, 0.15) is 47.4 Å². The second kappa shape index (κ2) is 8.58. The number of carbonyl (C=O) groups excluding carboxylic acids is 1. The van der Waals surface area contributed by atoms with Crippen molar-refractivity contribution in [3.63, 3.8) is 0 Å². The maximum absolute atomic E-state index is 13.4. The van der Waals surface area contributed by atoms with Gasteiger partial charge in [-0.2, -0.15) is 0 Å². The molecule has 1 aromatic carbocycles. The number of benzene rings is 1. The lowest BCUT2D eigenvalue weighted by Crippen LogP contribution is -2.53. The van der Waals surface area contributed by atoms with E-state index in [-0.39, 0.29) is 18.2 Å². The van der Waals surface area contributed by atoms with Crippen LogP contribution in [0, 0.1) is 19.8 Å². The highest BCUT2D eigenvalue weighted by molar-refractivity contribution is 5.71. The first-order chi connectivity index (χ1) is 15.5. The third-order valence-corrected chi connectivity index (χ3v) is 7.11. The fourth-order valence-electron chi connectivity index (χ4n) is 5.38. The highest BCUT2D eigenvalue weighted by atomic mass is 16.6. The normalized spacial score (nSPS) is 26.9. The summed E-state index contributed by atoms with van der Waals surface area (Å²) in [5.41, 5.74) is 4.00. The molecule has 6 rings (SSSR count). The first-order valence-corrected chi connectivity index (χ1v) is 11.6. The number of aryl methyl sites for hydroxylation is 2. The molecule has 1 amide bonds. The summed E-state index contributed by atoms with van der Waals surface area (Å²) >= 11 is 0. The molecule has 0 saturated carbocycles. The molecule has 0 unspecified atom stereocenters. The van der Waals surface area contributed by atoms with Crippen LogP contribution in [-0.4, -0.2) is 53.2 Å². The van der Waals surface area contributed by atoms with Crippen LogP contribution in [0.4, 0.5) is 4.79 Å². The van der Waals surface area contributed by atoms with Crippen LogP contribution in [0.25, 0.3) is 6.08 Å². The average Bonchev–Trinajstić information content (AvgIpc) is 3.14. The molecule has 3 saturated heterocycles. The number of carbonyl (C=O) groups is 1. The minimum atomic E-state index is -0.252. The van der Waals surface area contributed by atoms with Crippen LogP contribution in [0.15, 0.2) is 46.9 Å². The Balaban J connectivity index is 1.39. The Morgan fingerprint density at radius 3 is 2.69 bits per heavy atom. The highest BCUT2D eigenvalue weighted by Gasteiger charge is 2.39. The Hall–Kier alpha value is -2.86. The zero-order chi connectivity index (χ0) is 22.2. The van der Waals surface area contributed by atoms with Crippen molar-refractivity contribution < 1.29 is 13.9 Å². The Bertz CT molecular complexity index is 1050. The van der Waals surface area contributed by atoms with Crippen LogP contribution in [0.5, 0.6) is 0 Å². The fraction of sp³-hybridized carbons (Fsp3) is 0.462. The van der Waals surface area contributed by atoms with E-state index >= 15 is 0 Å². The number of hydrogen-bond donors (Lipinski definition) is 0. The standard InChI is InChI=1S/C26H31N3O3/c1-17(8-9-23-18(2)31-19(3)27-23)25-22-7-5-4-6-20(22)12-15-29(25)26(30)32-24-16-28-13-10-21(24)11-14-28/h4-9,21,24-25H,1,10-16H2,2-3H3/b9-8-/t24-,25-/m1/s1. The van der Waals surface area contributed by atoms with Gasteiger partial charge in [0, 0.05) is 20.0 Å². The zero-order valence-corrected chi connectivity index (χ0v) is 18.9. The van der Waals surface area contributed by atoms with Crippen LogP contribution < -0.4 is 0 Å². The predicted octanol–water partition coefficient (Wildman–Crippen LogP) is 4.69. The molecule has 4 aliphatic rings. The van der Waals surface area contributed by atoms with Crippen LogP contribution in [0.2, 0.25) is 0 Å². The predicted molar refractivity (Wildman–Crippen MR) is 123 cm³/mol. The maximum Gasteiger partial charge on any atom is 0.410 e. The maximum atomic E-state index is 13.4. The van der Waals surface area contributed by atoms with Gasteiger partial charge in [-0.3, -0.25) is 9.80 Å². The van der Waals surface area contributed by atoms with Gasteiger partial charge in [0.2, 0.25) is 0 Å². The number of ether oxygens (including phenoxy) is 1. The number of piperidine rings is 3. The van der Waals surface area contributed by atoms with Crippen molar-refractivity contribution in [3.8, 4) is 0 Å². The molecule has 168 valence electrons. The summed E-state index contributed by atoms with van der Waals surface area (Å²) in [5.74, 6) is 1.90. The van der Waals surface area contributed by atoms with E-state index in [1.807, 2.05) is 37.0 Å². The molecular weight excluding hydrogens is 402 g/mol. The van der Waals surface area contributed by atoms with Gasteiger partial charge >= 0.3 is 6.09 Å². The van der Waals surface area contributed by atoms with Gasteiger partial charge in [-0.15, -0.1) is 0 Å². The molecule has 3 fully saturated rings. The lowest BCUT2D eigenvalue weighted by Gasteiger charge is -2.45. The minimum absolute atomic E-state index is 0.00705. The molecule has 2 atom stereocenters. The average molecular weight is 434 g/mol. The second-order valence-electron chi connectivity index (χ2n) is 9.19. The van der Waals surface area contributed by atoms with E-state index in [1.165, 1.54) is 5.56 Å². The van der Waals surface area contributed by atoms with E-state index in [0.29, 0.717) is 18.4 Å². The molecule has 0 N–H and O–H groups in total. The molecule has 0 spiro atoms. The summed E-state index contributed by atoms with van der Waals surface area (Å²) in [6.07, 6.45) is 6.69. The molecule has 2 aromatic rings. The summed E-state index contributed by atoms with van der Waals surface area (Å²) in [6, 6.07) is 8.06. The van der Waals surface area contributed by atoms with Crippen molar-refractivity contribution in [2.75, 3.05) is 26.2 Å². The molecule has 0 radical (unpaired) electrons. The number of fused-ring (bicyclic) bond motifs is 4. The minimum Gasteiger partial charge on any atom is -0.446 e. The van der Waals surface area contributed by atoms with Gasteiger partial charge in [0.05, 0.1) is 6.04 Å². The Morgan fingerprint density at radius 2 is 2.00 bits per heavy atom. The summed E-state index contributed by atoms with van der Waals surface area (Å²) in [5, 5.41) is 0. The van der Waals surface area contributed by atoms with Gasteiger partial charge in [0.15, 0.2) is 5.89 Å². The Kier molecular flexibility index (Phi) is 5.64. The van der Waals surface area contributed by atoms with E-state index in [9.17, 15) is 4.79 Å². The molecule has 6 nitrogen and oxygen atoms in total. The molecule has 1 aromatic heterocycles. The second-order valence-corrected chi connectivity index (χ2v) is 9.19. The Morgan fingerprint density at radius 1 is 1.22 bits per heavy atom. The molecule has 4 aliphatic heterocycles. The fourth-order valence-corrected chi connectivity index (χ4v) is 5.38. The lowest BCUT2D eigenvalue weighted by atomic mass is 9.86. The molecule has 6 heteroatoms. The van der Waals surface area contributed by atoms with E-state index < -0.39 is 0 Å². The summed E-state index contributed by atoms with van der Waals surface area (Å²) < 4.78 is 11.6. The van der Waals surface area contributed by atoms with Gasteiger partial charge in [-0.25, -0.2) is 9.78 Å². The number of aromatic nitrogens is 1. The number of rotatable bonds is 4. The number of nitrogens with zero attached hydrogens (tertiary/aromatic N) is 3. The van der Waals surface area contributed by atoms with Crippen LogP contribution in [0.3, 0.4) is 0 Å². The third kappa shape index (κ3) is 3.99. The smallest absolute Gasteiger partial charge is 0.410 e. The van der Waals surface area contributed by atoms with E-state index in [1.54, 1.807) is 0 Å². The summed E-state index contributed by atoms with van der Waals surface area (Å²) in [7, 11) is 0. The summed E-state index contributed by atoms with van der Waals surface area (Å²) in [4.78, 5) is 22.1. The monoisotopic (exact) mass is 433 g/mol. The van der Waals surface area contributed by atoms with Crippen molar-refractivity contribution in [1.82, 2.24) is 14.8 Å². The SMILES string of the molecule is C=C(/C=C\c1nc(C)oc1C)[C@@H]1c2ccccc2CCN1C(=O)O[C@@H]1CN2CCC1CC2. The van der Waals surface area contributed by atoms with Crippen molar-refractivity contribution in [3.05, 3.63) is 71.0 Å². The van der Waals surface area contributed by atoms with Gasteiger partial charge in [-0.05, 0) is 68.0 Å². The van der Waals surface area contributed by atoms with Gasteiger partial charge in [0.1, 0.15) is 17.6 Å². The van der Waals surface area contributed by atoms with Crippen molar-refractivity contribution >= 4 is 12.2 Å². The van der Waals surface area contributed by atoms with E-state index in [2.05, 4.69) is 34.7 Å². The van der Waals surface area contributed by atoms with Crippen molar-refractivity contribution in [1.29, 1.82) is 0 Å². The zero-order valence-electron chi connectivity index (χ0n) is 18.9. The Labute approximate surface area is 189 Å². The molecule has 0 aliphatic carbocycles. The molecular formula is C26H31N3O3. The van der Waals surface area contributed by atoms with Crippen molar-refractivity contribution in [2.24, 2.45) is 5.92 Å². The quantitative estimate of drug-likeness (QED) is 0.655.